The van der Waals surface area contributed by atoms with Gasteiger partial charge in [0.2, 0.25) is 0 Å². The van der Waals surface area contributed by atoms with E-state index in [4.69, 9.17) is 0 Å². The maximum absolute atomic E-state index is 12.8. The summed E-state index contributed by atoms with van der Waals surface area (Å²) in [6.07, 6.45) is 2.38. The van der Waals surface area contributed by atoms with Crippen LogP contribution in [0.4, 0.5) is 8.78 Å². The van der Waals surface area contributed by atoms with Crippen LogP contribution in [-0.2, 0) is 19.7 Å². The largest absolute Gasteiger partial charge is 0.223 e. The molecule has 0 saturated carbocycles. The smallest absolute Gasteiger partial charge is 0.186 e. The third-order valence-corrected chi connectivity index (χ3v) is 6.73. The van der Waals surface area contributed by atoms with Crippen LogP contribution in [0.15, 0.2) is 59.3 Å². The zero-order chi connectivity index (χ0) is 18.5. The molecule has 2 aromatic rings. The third-order valence-electron chi connectivity index (χ3n) is 3.00. The van der Waals surface area contributed by atoms with Crippen molar-refractivity contribution in [3.63, 3.8) is 0 Å². The Morgan fingerprint density at radius 1 is 0.640 bits per heavy atom. The zero-order valence-electron chi connectivity index (χ0n) is 12.8. The fraction of sp³-hybridized carbons (Fsp3) is 0.0588. The van der Waals surface area contributed by atoms with Crippen molar-refractivity contribution in [3.8, 4) is 0 Å². The van der Waals surface area contributed by atoms with Gasteiger partial charge in [-0.2, -0.15) is 0 Å². The summed E-state index contributed by atoms with van der Waals surface area (Å²) in [5.74, 6) is -0.929. The summed E-state index contributed by atoms with van der Waals surface area (Å²) in [6, 6.07) is 10.1. The van der Waals surface area contributed by atoms with Crippen LogP contribution >= 0.6 is 0 Å². The highest BCUT2D eigenvalue weighted by Crippen LogP contribution is 2.11. The van der Waals surface area contributed by atoms with Crippen LogP contribution in [0.3, 0.4) is 0 Å². The van der Waals surface area contributed by atoms with Gasteiger partial charge < -0.3 is 0 Å². The lowest BCUT2D eigenvalue weighted by Crippen LogP contribution is -2.11. The minimum Gasteiger partial charge on any atom is -0.223 e. The zero-order valence-corrected chi connectivity index (χ0v) is 14.5. The van der Waals surface area contributed by atoms with Crippen molar-refractivity contribution < 1.29 is 25.6 Å². The fourth-order valence-corrected chi connectivity index (χ4v) is 5.01. The van der Waals surface area contributed by atoms with Gasteiger partial charge in [0.25, 0.3) is 0 Å². The van der Waals surface area contributed by atoms with Gasteiger partial charge in [0.15, 0.2) is 24.8 Å². The number of hydrogen-bond acceptors (Lipinski definition) is 4. The number of benzene rings is 2. The molecular formula is C17H14F2O4S2. The van der Waals surface area contributed by atoms with Crippen LogP contribution in [-0.4, -0.2) is 21.9 Å². The molecule has 0 unspecified atom stereocenters. The van der Waals surface area contributed by atoms with Gasteiger partial charge in [0.1, 0.15) is 11.6 Å². The van der Waals surface area contributed by atoms with Crippen LogP contribution < -0.4 is 0 Å². The Morgan fingerprint density at radius 3 is 1.28 bits per heavy atom. The van der Waals surface area contributed by atoms with E-state index in [1.54, 1.807) is 0 Å². The Hall–Kier alpha value is -2.32. The van der Waals surface area contributed by atoms with Gasteiger partial charge in [-0.15, -0.1) is 0 Å². The van der Waals surface area contributed by atoms with Gasteiger partial charge in [0.05, 0.1) is 0 Å². The molecule has 0 aliphatic rings. The monoisotopic (exact) mass is 384 g/mol. The Bertz CT molecular complexity index is 906. The molecule has 25 heavy (non-hydrogen) atoms. The average Bonchev–Trinajstić information content (AvgIpc) is 2.53. The molecule has 0 amide bonds. The first-order valence-corrected chi connectivity index (χ1v) is 10.4. The summed E-state index contributed by atoms with van der Waals surface area (Å²) in [5.41, 5.74) is 0.841. The lowest BCUT2D eigenvalue weighted by atomic mass is 10.2. The van der Waals surface area contributed by atoms with E-state index in [0.29, 0.717) is 11.1 Å². The second-order valence-electron chi connectivity index (χ2n) is 5.15. The molecule has 0 saturated heterocycles. The second-order valence-corrected chi connectivity index (χ2v) is 9.29. The minimum atomic E-state index is -4.03. The molecule has 8 heteroatoms. The maximum atomic E-state index is 12.8. The van der Waals surface area contributed by atoms with E-state index < -0.39 is 36.4 Å². The van der Waals surface area contributed by atoms with Gasteiger partial charge >= 0.3 is 0 Å². The lowest BCUT2D eigenvalue weighted by molar-refractivity contribution is 0.598. The SMILES string of the molecule is O=S(=O)(/C=C\c1ccc(F)cc1)CS(=O)(=O)/C=C/c1ccc(F)cc1. The summed E-state index contributed by atoms with van der Waals surface area (Å²) in [7, 11) is -8.06. The maximum Gasteiger partial charge on any atom is 0.186 e. The highest BCUT2D eigenvalue weighted by Gasteiger charge is 2.17. The fourth-order valence-electron chi connectivity index (χ4n) is 1.82. The molecule has 0 fully saturated rings. The van der Waals surface area contributed by atoms with Crippen molar-refractivity contribution >= 4 is 31.8 Å². The third kappa shape index (κ3) is 6.60. The lowest BCUT2D eigenvalue weighted by Gasteiger charge is -1.99. The minimum absolute atomic E-state index is 0.421. The number of sulfone groups is 2. The van der Waals surface area contributed by atoms with E-state index in [9.17, 15) is 25.6 Å². The molecule has 132 valence electrons. The van der Waals surface area contributed by atoms with Gasteiger partial charge in [-0.25, -0.2) is 25.6 Å². The number of rotatable bonds is 6. The molecule has 0 aliphatic carbocycles. The van der Waals surface area contributed by atoms with Crippen LogP contribution in [0.5, 0.6) is 0 Å². The Morgan fingerprint density at radius 2 is 0.960 bits per heavy atom. The van der Waals surface area contributed by atoms with Crippen LogP contribution in [0.25, 0.3) is 12.2 Å². The first-order chi connectivity index (χ1) is 11.7. The second kappa shape index (κ2) is 7.71. The first kappa shape index (κ1) is 19.0. The molecule has 0 radical (unpaired) electrons. The summed E-state index contributed by atoms with van der Waals surface area (Å²) in [4.78, 5) is 0. The quantitative estimate of drug-likeness (QED) is 0.766. The topological polar surface area (TPSA) is 68.3 Å². The van der Waals surface area contributed by atoms with Crippen LogP contribution in [0.1, 0.15) is 11.1 Å². The van der Waals surface area contributed by atoms with Crippen molar-refractivity contribution in [3.05, 3.63) is 82.1 Å². The summed E-state index contributed by atoms with van der Waals surface area (Å²) in [6.45, 7) is 0. The number of halogens is 2. The Balaban J connectivity index is 2.09. The van der Waals surface area contributed by atoms with Gasteiger partial charge in [-0.05, 0) is 47.5 Å². The summed E-state index contributed by atoms with van der Waals surface area (Å²) in [5, 5.41) is 0.433. The van der Waals surface area contributed by atoms with Crippen molar-refractivity contribution in [2.75, 3.05) is 5.08 Å². The summed E-state index contributed by atoms with van der Waals surface area (Å²) >= 11 is 0. The molecule has 0 bridgehead atoms. The Labute approximate surface area is 145 Å². The van der Waals surface area contributed by atoms with Gasteiger partial charge in [0, 0.05) is 10.8 Å². The molecule has 0 aromatic heterocycles. The molecule has 4 nitrogen and oxygen atoms in total. The summed E-state index contributed by atoms with van der Waals surface area (Å²) < 4.78 is 73.2. The van der Waals surface area contributed by atoms with Gasteiger partial charge in [-0.1, -0.05) is 24.3 Å². The van der Waals surface area contributed by atoms with E-state index in [-0.39, 0.29) is 0 Å². The predicted octanol–water partition coefficient (Wildman–Crippen LogP) is 3.39. The first-order valence-electron chi connectivity index (χ1n) is 6.98. The molecule has 0 spiro atoms. The standard InChI is InChI=1S/C17H14F2O4S2/c18-16-5-1-14(2-6-16)9-11-24(20,21)13-25(22,23)12-10-15-3-7-17(19)8-4-15/h1-12H,13H2/b11-9-,12-10+. The van der Waals surface area contributed by atoms with E-state index in [1.165, 1.54) is 36.4 Å². The normalized spacial score (nSPS) is 12.9. The Kier molecular flexibility index (Phi) is 5.86. The van der Waals surface area contributed by atoms with E-state index in [1.807, 2.05) is 0 Å². The van der Waals surface area contributed by atoms with Crippen molar-refractivity contribution in [2.24, 2.45) is 0 Å². The van der Waals surface area contributed by atoms with Crippen molar-refractivity contribution in [1.29, 1.82) is 0 Å². The van der Waals surface area contributed by atoms with Crippen LogP contribution in [0, 0.1) is 11.6 Å². The molecule has 0 aliphatic heterocycles. The van der Waals surface area contributed by atoms with Crippen molar-refractivity contribution in [1.82, 2.24) is 0 Å². The van der Waals surface area contributed by atoms with E-state index in [2.05, 4.69) is 0 Å². The highest BCUT2D eigenvalue weighted by molar-refractivity contribution is 8.10. The molecule has 0 atom stereocenters. The van der Waals surface area contributed by atoms with Crippen molar-refractivity contribution in [2.45, 2.75) is 0 Å². The van der Waals surface area contributed by atoms with Crippen LogP contribution in [0.2, 0.25) is 0 Å². The van der Waals surface area contributed by atoms with E-state index in [0.717, 1.165) is 35.1 Å². The highest BCUT2D eigenvalue weighted by atomic mass is 32.3. The number of hydrogen-bond donors (Lipinski definition) is 0. The molecular weight excluding hydrogens is 370 g/mol. The molecule has 0 N–H and O–H groups in total. The van der Waals surface area contributed by atoms with E-state index >= 15 is 0 Å². The van der Waals surface area contributed by atoms with Gasteiger partial charge in [-0.3, -0.25) is 0 Å². The molecule has 2 rings (SSSR count). The average molecular weight is 384 g/mol. The molecule has 0 heterocycles. The predicted molar refractivity (Wildman–Crippen MR) is 93.6 cm³/mol. The molecule has 2 aromatic carbocycles.